The quantitative estimate of drug-likeness (QED) is 0.846. The van der Waals surface area contributed by atoms with Crippen molar-refractivity contribution in [3.05, 3.63) is 23.8 Å². The average molecular weight is 221 g/mol. The zero-order chi connectivity index (χ0) is 11.8. The van der Waals surface area contributed by atoms with Crippen LogP contribution in [0.4, 0.5) is 0 Å². The first-order valence-corrected chi connectivity index (χ1v) is 5.62. The van der Waals surface area contributed by atoms with Crippen LogP contribution in [0.5, 0.6) is 11.5 Å². The zero-order valence-electron chi connectivity index (χ0n) is 10.1. The molecule has 16 heavy (non-hydrogen) atoms. The zero-order valence-corrected chi connectivity index (χ0v) is 10.1. The van der Waals surface area contributed by atoms with Crippen LogP contribution in [0.3, 0.4) is 0 Å². The van der Waals surface area contributed by atoms with Crippen molar-refractivity contribution in [1.82, 2.24) is 0 Å². The third-order valence-corrected chi connectivity index (χ3v) is 3.61. The van der Waals surface area contributed by atoms with Gasteiger partial charge < -0.3 is 15.2 Å². The van der Waals surface area contributed by atoms with Gasteiger partial charge in [-0.05, 0) is 25.8 Å². The predicted molar refractivity (Wildman–Crippen MR) is 64.1 cm³/mol. The molecule has 0 aromatic heterocycles. The van der Waals surface area contributed by atoms with Crippen molar-refractivity contribution < 1.29 is 9.47 Å². The molecule has 0 amide bonds. The summed E-state index contributed by atoms with van der Waals surface area (Å²) in [6.45, 7) is 2.07. The number of rotatable bonds is 4. The van der Waals surface area contributed by atoms with E-state index < -0.39 is 0 Å². The van der Waals surface area contributed by atoms with E-state index in [2.05, 4.69) is 13.0 Å². The maximum absolute atomic E-state index is 6.07. The number of ether oxygens (including phenoxy) is 2. The van der Waals surface area contributed by atoms with Gasteiger partial charge in [0, 0.05) is 23.1 Å². The summed E-state index contributed by atoms with van der Waals surface area (Å²) in [5.41, 5.74) is 7.41. The van der Waals surface area contributed by atoms with Crippen LogP contribution in [0.2, 0.25) is 0 Å². The van der Waals surface area contributed by atoms with E-state index in [1.807, 2.05) is 12.1 Å². The second kappa shape index (κ2) is 3.98. The summed E-state index contributed by atoms with van der Waals surface area (Å²) in [5, 5.41) is 0. The lowest BCUT2D eigenvalue weighted by Gasteiger charge is -2.22. The molecule has 0 spiro atoms. The maximum atomic E-state index is 6.07. The van der Waals surface area contributed by atoms with Crippen molar-refractivity contribution in [2.75, 3.05) is 14.2 Å². The Bertz CT molecular complexity index is 384. The van der Waals surface area contributed by atoms with E-state index in [4.69, 9.17) is 15.2 Å². The summed E-state index contributed by atoms with van der Waals surface area (Å²) >= 11 is 0. The van der Waals surface area contributed by atoms with E-state index in [0.29, 0.717) is 0 Å². The highest BCUT2D eigenvalue weighted by Crippen LogP contribution is 2.53. The largest absolute Gasteiger partial charge is 0.497 e. The Hall–Kier alpha value is -1.22. The SMILES string of the molecule is COc1ccc(C2(C(C)N)CC2)c(OC)c1. The first-order chi connectivity index (χ1) is 7.64. The topological polar surface area (TPSA) is 44.5 Å². The van der Waals surface area contributed by atoms with Crippen molar-refractivity contribution in [3.8, 4) is 11.5 Å². The standard InChI is InChI=1S/C13H19NO2/c1-9(14)13(6-7-13)11-5-4-10(15-2)8-12(11)16-3/h4-5,8-9H,6-7,14H2,1-3H3. The molecule has 3 nitrogen and oxygen atoms in total. The molecule has 0 aliphatic heterocycles. The highest BCUT2D eigenvalue weighted by Gasteiger charge is 2.49. The summed E-state index contributed by atoms with van der Waals surface area (Å²) in [4.78, 5) is 0. The predicted octanol–water partition coefficient (Wildman–Crippen LogP) is 2.08. The molecule has 1 aliphatic carbocycles. The number of hydrogen-bond donors (Lipinski definition) is 1. The third kappa shape index (κ3) is 1.65. The molecular formula is C13H19NO2. The number of hydrogen-bond acceptors (Lipinski definition) is 3. The Labute approximate surface area is 96.5 Å². The summed E-state index contributed by atoms with van der Waals surface area (Å²) in [6.07, 6.45) is 2.29. The van der Waals surface area contributed by atoms with Gasteiger partial charge in [0.05, 0.1) is 14.2 Å². The molecular weight excluding hydrogens is 202 g/mol. The van der Waals surface area contributed by atoms with Crippen molar-refractivity contribution in [3.63, 3.8) is 0 Å². The van der Waals surface area contributed by atoms with E-state index in [1.54, 1.807) is 14.2 Å². The van der Waals surface area contributed by atoms with E-state index in [9.17, 15) is 0 Å². The Morgan fingerprint density at radius 3 is 2.38 bits per heavy atom. The van der Waals surface area contributed by atoms with Gasteiger partial charge in [-0.15, -0.1) is 0 Å². The van der Waals surface area contributed by atoms with Crippen LogP contribution < -0.4 is 15.2 Å². The molecule has 1 aromatic rings. The van der Waals surface area contributed by atoms with Gasteiger partial charge >= 0.3 is 0 Å². The van der Waals surface area contributed by atoms with Crippen LogP contribution in [0.15, 0.2) is 18.2 Å². The minimum absolute atomic E-state index is 0.123. The first-order valence-electron chi connectivity index (χ1n) is 5.62. The molecule has 0 saturated heterocycles. The van der Waals surface area contributed by atoms with Gasteiger partial charge in [-0.25, -0.2) is 0 Å². The van der Waals surface area contributed by atoms with Crippen LogP contribution in [-0.2, 0) is 5.41 Å². The van der Waals surface area contributed by atoms with Crippen LogP contribution in [0.25, 0.3) is 0 Å². The molecule has 0 bridgehead atoms. The van der Waals surface area contributed by atoms with Crippen molar-refractivity contribution in [2.24, 2.45) is 5.73 Å². The van der Waals surface area contributed by atoms with Gasteiger partial charge in [0.15, 0.2) is 0 Å². The van der Waals surface area contributed by atoms with Crippen molar-refractivity contribution in [2.45, 2.75) is 31.2 Å². The molecule has 1 atom stereocenters. The van der Waals surface area contributed by atoms with Gasteiger partial charge in [0.1, 0.15) is 11.5 Å². The van der Waals surface area contributed by atoms with Crippen LogP contribution in [-0.4, -0.2) is 20.3 Å². The lowest BCUT2D eigenvalue weighted by Crippen LogP contribution is -2.31. The summed E-state index contributed by atoms with van der Waals surface area (Å²) < 4.78 is 10.6. The normalized spacial score (nSPS) is 19.0. The minimum atomic E-state index is 0.123. The molecule has 0 heterocycles. The molecule has 1 fully saturated rings. The van der Waals surface area contributed by atoms with Gasteiger partial charge in [-0.2, -0.15) is 0 Å². The highest BCUT2D eigenvalue weighted by atomic mass is 16.5. The molecule has 2 rings (SSSR count). The lowest BCUT2D eigenvalue weighted by molar-refractivity contribution is 0.383. The monoisotopic (exact) mass is 221 g/mol. The van der Waals surface area contributed by atoms with E-state index >= 15 is 0 Å². The van der Waals surface area contributed by atoms with E-state index in [1.165, 1.54) is 5.56 Å². The highest BCUT2D eigenvalue weighted by molar-refractivity contribution is 5.48. The second-order valence-corrected chi connectivity index (χ2v) is 4.51. The molecule has 88 valence electrons. The van der Waals surface area contributed by atoms with E-state index in [0.717, 1.165) is 24.3 Å². The minimum Gasteiger partial charge on any atom is -0.497 e. The molecule has 2 N–H and O–H groups in total. The van der Waals surface area contributed by atoms with E-state index in [-0.39, 0.29) is 11.5 Å². The molecule has 1 aromatic carbocycles. The fraction of sp³-hybridized carbons (Fsp3) is 0.538. The fourth-order valence-corrected chi connectivity index (χ4v) is 2.31. The first kappa shape index (κ1) is 11.3. The third-order valence-electron chi connectivity index (χ3n) is 3.61. The van der Waals surface area contributed by atoms with Crippen LogP contribution >= 0.6 is 0 Å². The summed E-state index contributed by atoms with van der Waals surface area (Å²) in [7, 11) is 3.35. The van der Waals surface area contributed by atoms with Crippen LogP contribution in [0, 0.1) is 0 Å². The second-order valence-electron chi connectivity index (χ2n) is 4.51. The lowest BCUT2D eigenvalue weighted by atomic mass is 9.88. The van der Waals surface area contributed by atoms with Crippen molar-refractivity contribution in [1.29, 1.82) is 0 Å². The van der Waals surface area contributed by atoms with Gasteiger partial charge in [-0.1, -0.05) is 6.07 Å². The average Bonchev–Trinajstić information content (AvgIpc) is 3.09. The summed E-state index contributed by atoms with van der Waals surface area (Å²) in [6, 6.07) is 6.14. The maximum Gasteiger partial charge on any atom is 0.126 e. The van der Waals surface area contributed by atoms with Crippen LogP contribution in [0.1, 0.15) is 25.3 Å². The Kier molecular flexibility index (Phi) is 2.80. The number of nitrogens with two attached hydrogens (primary N) is 1. The summed E-state index contributed by atoms with van der Waals surface area (Å²) in [5.74, 6) is 1.70. The fourth-order valence-electron chi connectivity index (χ4n) is 2.31. The Morgan fingerprint density at radius 2 is 1.94 bits per heavy atom. The number of methoxy groups -OCH3 is 2. The molecule has 0 radical (unpaired) electrons. The van der Waals surface area contributed by atoms with Gasteiger partial charge in [0.2, 0.25) is 0 Å². The molecule has 1 aliphatic rings. The molecule has 3 heteroatoms. The molecule has 1 unspecified atom stereocenters. The van der Waals surface area contributed by atoms with Gasteiger partial charge in [0.25, 0.3) is 0 Å². The molecule has 1 saturated carbocycles. The number of benzene rings is 1. The van der Waals surface area contributed by atoms with Crippen molar-refractivity contribution >= 4 is 0 Å². The van der Waals surface area contributed by atoms with Gasteiger partial charge in [-0.3, -0.25) is 0 Å². The smallest absolute Gasteiger partial charge is 0.126 e. The Balaban J connectivity index is 2.41. The Morgan fingerprint density at radius 1 is 1.25 bits per heavy atom.